The lowest BCUT2D eigenvalue weighted by molar-refractivity contribution is 0.156. The quantitative estimate of drug-likeness (QED) is 0.942. The molecule has 1 aromatic heterocycles. The Bertz CT molecular complexity index is 549. The maximum atomic E-state index is 5.99. The highest BCUT2D eigenvalue weighted by Crippen LogP contribution is 2.25. The Balaban J connectivity index is 1.82. The van der Waals surface area contributed by atoms with Gasteiger partial charge in [-0.3, -0.25) is 4.90 Å². The van der Waals surface area contributed by atoms with Gasteiger partial charge in [-0.05, 0) is 17.7 Å². The first-order valence-electron chi connectivity index (χ1n) is 6.47. The molecule has 100 valence electrons. The molecule has 2 N–H and O–H groups in total. The topological polar surface area (TPSA) is 47.1 Å². The summed E-state index contributed by atoms with van der Waals surface area (Å²) in [6, 6.07) is 8.69. The molecule has 2 heterocycles. The zero-order chi connectivity index (χ0) is 13.2. The summed E-state index contributed by atoms with van der Waals surface area (Å²) in [5.74, 6) is 1.13. The zero-order valence-corrected chi connectivity index (χ0v) is 12.3. The van der Waals surface area contributed by atoms with Gasteiger partial charge >= 0.3 is 0 Å². The van der Waals surface area contributed by atoms with Gasteiger partial charge in [-0.25, -0.2) is 4.98 Å². The van der Waals surface area contributed by atoms with Crippen molar-refractivity contribution in [3.05, 3.63) is 52.5 Å². The Kier molecular flexibility index (Phi) is 3.68. The second-order valence-electron chi connectivity index (χ2n) is 4.81. The average Bonchev–Trinajstić information content (AvgIpc) is 2.89. The smallest absolute Gasteiger partial charge is 0.122 e. The summed E-state index contributed by atoms with van der Waals surface area (Å²) in [7, 11) is 0. The Morgan fingerprint density at radius 2 is 2.05 bits per heavy atom. The second kappa shape index (κ2) is 5.45. The highest BCUT2D eigenvalue weighted by molar-refractivity contribution is 9.10. The minimum absolute atomic E-state index is 0.263. The number of nitrogens with zero attached hydrogens (tertiary/aromatic N) is 3. The van der Waals surface area contributed by atoms with Gasteiger partial charge in [0.25, 0.3) is 0 Å². The van der Waals surface area contributed by atoms with E-state index in [-0.39, 0.29) is 6.04 Å². The number of hydrogen-bond acceptors (Lipinski definition) is 3. The molecule has 1 aliphatic heterocycles. The molecular weight excluding hydrogens is 304 g/mol. The summed E-state index contributed by atoms with van der Waals surface area (Å²) in [5.41, 5.74) is 7.26. The molecule has 0 amide bonds. The van der Waals surface area contributed by atoms with Crippen molar-refractivity contribution in [1.29, 1.82) is 0 Å². The SMILES string of the molecule is NCC(c1ccc(Br)cc1)N1CCn2ccnc2C1. The van der Waals surface area contributed by atoms with Gasteiger partial charge < -0.3 is 10.3 Å². The van der Waals surface area contributed by atoms with E-state index in [1.807, 2.05) is 12.4 Å². The van der Waals surface area contributed by atoms with Crippen LogP contribution >= 0.6 is 15.9 Å². The minimum Gasteiger partial charge on any atom is -0.333 e. The molecule has 0 spiro atoms. The van der Waals surface area contributed by atoms with E-state index in [9.17, 15) is 0 Å². The molecule has 0 saturated carbocycles. The summed E-state index contributed by atoms with van der Waals surface area (Å²) in [6.45, 7) is 3.50. The van der Waals surface area contributed by atoms with E-state index in [0.717, 1.165) is 29.9 Å². The largest absolute Gasteiger partial charge is 0.333 e. The summed E-state index contributed by atoms with van der Waals surface area (Å²) in [6.07, 6.45) is 3.92. The minimum atomic E-state index is 0.263. The number of aromatic nitrogens is 2. The van der Waals surface area contributed by atoms with Crippen molar-refractivity contribution in [2.24, 2.45) is 5.73 Å². The lowest BCUT2D eigenvalue weighted by Gasteiger charge is -2.34. The van der Waals surface area contributed by atoms with Crippen LogP contribution in [0.4, 0.5) is 0 Å². The molecule has 1 aromatic carbocycles. The fraction of sp³-hybridized carbons (Fsp3) is 0.357. The van der Waals surface area contributed by atoms with E-state index in [2.05, 4.69) is 54.6 Å². The van der Waals surface area contributed by atoms with Crippen LogP contribution in [-0.2, 0) is 13.1 Å². The highest BCUT2D eigenvalue weighted by Gasteiger charge is 2.24. The van der Waals surface area contributed by atoms with E-state index in [4.69, 9.17) is 5.73 Å². The number of benzene rings is 1. The molecule has 19 heavy (non-hydrogen) atoms. The third kappa shape index (κ3) is 2.59. The van der Waals surface area contributed by atoms with Crippen LogP contribution in [0, 0.1) is 0 Å². The van der Waals surface area contributed by atoms with Crippen molar-refractivity contribution >= 4 is 15.9 Å². The van der Waals surface area contributed by atoms with Crippen LogP contribution in [0.5, 0.6) is 0 Å². The average molecular weight is 321 g/mol. The lowest BCUT2D eigenvalue weighted by Crippen LogP contribution is -2.39. The van der Waals surface area contributed by atoms with Gasteiger partial charge in [0.05, 0.1) is 6.54 Å². The van der Waals surface area contributed by atoms with Gasteiger partial charge in [0.1, 0.15) is 5.82 Å². The van der Waals surface area contributed by atoms with E-state index < -0.39 is 0 Å². The molecule has 1 atom stereocenters. The predicted molar refractivity (Wildman–Crippen MR) is 78.6 cm³/mol. The third-order valence-corrected chi connectivity index (χ3v) is 4.22. The molecule has 0 radical (unpaired) electrons. The Hall–Kier alpha value is -1.17. The molecule has 4 nitrogen and oxygen atoms in total. The van der Waals surface area contributed by atoms with Crippen molar-refractivity contribution in [1.82, 2.24) is 14.5 Å². The Morgan fingerprint density at radius 1 is 1.26 bits per heavy atom. The molecule has 2 aromatic rings. The van der Waals surface area contributed by atoms with Gasteiger partial charge in [0.2, 0.25) is 0 Å². The van der Waals surface area contributed by atoms with E-state index in [0.29, 0.717) is 6.54 Å². The van der Waals surface area contributed by atoms with Crippen molar-refractivity contribution in [2.75, 3.05) is 13.1 Å². The maximum Gasteiger partial charge on any atom is 0.122 e. The van der Waals surface area contributed by atoms with Crippen LogP contribution in [0.3, 0.4) is 0 Å². The maximum absolute atomic E-state index is 5.99. The Morgan fingerprint density at radius 3 is 2.79 bits per heavy atom. The number of hydrogen-bond donors (Lipinski definition) is 1. The Labute approximate surface area is 121 Å². The highest BCUT2D eigenvalue weighted by atomic mass is 79.9. The molecule has 1 aliphatic rings. The van der Waals surface area contributed by atoms with Crippen molar-refractivity contribution in [2.45, 2.75) is 19.1 Å². The molecule has 0 bridgehead atoms. The van der Waals surface area contributed by atoms with Crippen LogP contribution in [0.2, 0.25) is 0 Å². The van der Waals surface area contributed by atoms with Gasteiger partial charge in [-0.2, -0.15) is 0 Å². The normalized spacial score (nSPS) is 17.2. The molecule has 0 aliphatic carbocycles. The summed E-state index contributed by atoms with van der Waals surface area (Å²) in [4.78, 5) is 6.81. The number of fused-ring (bicyclic) bond motifs is 1. The standard InChI is InChI=1S/C14H17BrN4/c15-12-3-1-11(2-4-12)13(9-16)19-8-7-18-6-5-17-14(18)10-19/h1-6,13H,7-10,16H2. The second-order valence-corrected chi connectivity index (χ2v) is 5.73. The molecular formula is C14H17BrN4. The van der Waals surface area contributed by atoms with Crippen molar-refractivity contribution in [3.63, 3.8) is 0 Å². The van der Waals surface area contributed by atoms with Gasteiger partial charge in [-0.1, -0.05) is 28.1 Å². The van der Waals surface area contributed by atoms with E-state index >= 15 is 0 Å². The first kappa shape index (κ1) is 12.8. The zero-order valence-electron chi connectivity index (χ0n) is 10.7. The third-order valence-electron chi connectivity index (χ3n) is 3.69. The van der Waals surface area contributed by atoms with E-state index in [1.54, 1.807) is 0 Å². The molecule has 0 saturated heterocycles. The van der Waals surface area contributed by atoms with Crippen LogP contribution in [-0.4, -0.2) is 27.5 Å². The van der Waals surface area contributed by atoms with Crippen LogP contribution in [0.25, 0.3) is 0 Å². The van der Waals surface area contributed by atoms with Crippen LogP contribution in [0.15, 0.2) is 41.1 Å². The van der Waals surface area contributed by atoms with Gasteiger partial charge in [0.15, 0.2) is 0 Å². The first-order valence-corrected chi connectivity index (χ1v) is 7.27. The van der Waals surface area contributed by atoms with Gasteiger partial charge in [-0.15, -0.1) is 0 Å². The molecule has 3 rings (SSSR count). The molecule has 1 unspecified atom stereocenters. The monoisotopic (exact) mass is 320 g/mol. The summed E-state index contributed by atoms with van der Waals surface area (Å²) >= 11 is 3.47. The van der Waals surface area contributed by atoms with Crippen LogP contribution in [0.1, 0.15) is 17.4 Å². The fourth-order valence-corrected chi connectivity index (χ4v) is 2.90. The molecule has 5 heteroatoms. The molecule has 0 fully saturated rings. The van der Waals surface area contributed by atoms with Crippen LogP contribution < -0.4 is 5.73 Å². The van der Waals surface area contributed by atoms with Gasteiger partial charge in [0, 0.05) is 42.5 Å². The van der Waals surface area contributed by atoms with Crippen molar-refractivity contribution in [3.8, 4) is 0 Å². The first-order chi connectivity index (χ1) is 9.28. The number of rotatable bonds is 3. The number of halogens is 1. The summed E-state index contributed by atoms with van der Waals surface area (Å²) < 4.78 is 3.31. The van der Waals surface area contributed by atoms with E-state index in [1.165, 1.54) is 5.56 Å². The predicted octanol–water partition coefficient (Wildman–Crippen LogP) is 2.16. The lowest BCUT2D eigenvalue weighted by atomic mass is 10.0. The fourth-order valence-electron chi connectivity index (χ4n) is 2.64. The number of nitrogens with two attached hydrogens (primary N) is 1. The summed E-state index contributed by atoms with van der Waals surface area (Å²) in [5, 5.41) is 0. The van der Waals surface area contributed by atoms with Crippen molar-refractivity contribution < 1.29 is 0 Å². The number of imidazole rings is 1.